The van der Waals surface area contributed by atoms with Crippen LogP contribution in [-0.2, 0) is 0 Å². The minimum Gasteiger partial charge on any atom is -0.493 e. The topological polar surface area (TPSA) is 77.0 Å². The first kappa shape index (κ1) is 22.7. The van der Waals surface area contributed by atoms with Gasteiger partial charge >= 0.3 is 5.97 Å². The normalized spacial score (nSPS) is 10.7. The fraction of sp³-hybridized carbons (Fsp3) is 0.0870. The van der Waals surface area contributed by atoms with Crippen LogP contribution in [0.25, 0.3) is 0 Å². The number of carbonyl (C=O) groups is 2. The minimum atomic E-state index is -0.489. The summed E-state index contributed by atoms with van der Waals surface area (Å²) in [5.41, 5.74) is 3.77. The van der Waals surface area contributed by atoms with Crippen LogP contribution in [0.4, 0.5) is 0 Å². The van der Waals surface area contributed by atoms with Gasteiger partial charge in [-0.15, -0.1) is 0 Å². The van der Waals surface area contributed by atoms with Crippen molar-refractivity contribution in [3.05, 3.63) is 92.4 Å². The highest BCUT2D eigenvalue weighted by atomic mass is 79.9. The number of hydrogen-bond donors (Lipinski definition) is 1. The SMILES string of the molecule is CCOc1ccc(Br)cc1C(=O)N/N=C\c1cc(Br)ccc1OC(=O)c1ccccc1. The van der Waals surface area contributed by atoms with E-state index in [0.717, 1.165) is 8.95 Å². The molecule has 0 unspecified atom stereocenters. The van der Waals surface area contributed by atoms with Gasteiger partial charge in [0.1, 0.15) is 11.5 Å². The Kier molecular flexibility index (Phi) is 7.97. The smallest absolute Gasteiger partial charge is 0.343 e. The molecule has 3 aromatic rings. The fourth-order valence-corrected chi connectivity index (χ4v) is 3.37. The van der Waals surface area contributed by atoms with E-state index < -0.39 is 11.9 Å². The molecule has 0 aliphatic heterocycles. The second-order valence-corrected chi connectivity index (χ2v) is 8.04. The van der Waals surface area contributed by atoms with E-state index in [1.807, 2.05) is 13.0 Å². The largest absolute Gasteiger partial charge is 0.493 e. The molecule has 0 aromatic heterocycles. The molecule has 0 heterocycles. The van der Waals surface area contributed by atoms with Crippen LogP contribution < -0.4 is 14.9 Å². The van der Waals surface area contributed by atoms with Crippen LogP contribution in [0.15, 0.2) is 80.8 Å². The maximum atomic E-state index is 12.6. The van der Waals surface area contributed by atoms with Gasteiger partial charge in [-0.3, -0.25) is 4.79 Å². The van der Waals surface area contributed by atoms with Crippen molar-refractivity contribution in [2.45, 2.75) is 6.92 Å². The van der Waals surface area contributed by atoms with Gasteiger partial charge in [0, 0.05) is 14.5 Å². The third-order valence-corrected chi connectivity index (χ3v) is 5.03. The van der Waals surface area contributed by atoms with Crippen molar-refractivity contribution in [2.75, 3.05) is 6.61 Å². The Balaban J connectivity index is 1.77. The molecular formula is C23H18Br2N2O4. The van der Waals surface area contributed by atoms with Crippen LogP contribution in [0, 0.1) is 0 Å². The van der Waals surface area contributed by atoms with Crippen LogP contribution in [0.2, 0.25) is 0 Å². The second-order valence-electron chi connectivity index (χ2n) is 6.21. The van der Waals surface area contributed by atoms with Gasteiger partial charge in [0.15, 0.2) is 0 Å². The number of nitrogens with zero attached hydrogens (tertiary/aromatic N) is 1. The van der Waals surface area contributed by atoms with Gasteiger partial charge in [0.25, 0.3) is 5.91 Å². The molecule has 3 rings (SSSR count). The maximum Gasteiger partial charge on any atom is 0.343 e. The average Bonchev–Trinajstić information content (AvgIpc) is 2.77. The van der Waals surface area contributed by atoms with E-state index in [1.54, 1.807) is 60.7 Å². The quantitative estimate of drug-likeness (QED) is 0.182. The zero-order valence-corrected chi connectivity index (χ0v) is 19.6. The molecule has 3 aromatic carbocycles. The number of halogens is 2. The second kappa shape index (κ2) is 10.9. The first-order chi connectivity index (χ1) is 15.0. The van der Waals surface area contributed by atoms with E-state index in [4.69, 9.17) is 9.47 Å². The Morgan fingerprint density at radius 1 is 0.968 bits per heavy atom. The minimum absolute atomic E-state index is 0.313. The number of rotatable bonds is 7. The van der Waals surface area contributed by atoms with Crippen LogP contribution in [0.1, 0.15) is 33.2 Å². The van der Waals surface area contributed by atoms with Crippen LogP contribution in [0.5, 0.6) is 11.5 Å². The Bertz CT molecular complexity index is 1120. The van der Waals surface area contributed by atoms with E-state index in [2.05, 4.69) is 42.4 Å². The molecule has 31 heavy (non-hydrogen) atoms. The van der Waals surface area contributed by atoms with E-state index in [1.165, 1.54) is 6.21 Å². The molecular weight excluding hydrogens is 528 g/mol. The Labute approximate surface area is 196 Å². The molecule has 0 spiro atoms. The summed E-state index contributed by atoms with van der Waals surface area (Å²) in [5.74, 6) is -0.151. The molecule has 0 fully saturated rings. The van der Waals surface area contributed by atoms with Crippen LogP contribution in [-0.4, -0.2) is 24.7 Å². The average molecular weight is 546 g/mol. The highest BCUT2D eigenvalue weighted by Crippen LogP contribution is 2.24. The van der Waals surface area contributed by atoms with Crippen molar-refractivity contribution >= 4 is 50.0 Å². The van der Waals surface area contributed by atoms with Crippen molar-refractivity contribution < 1.29 is 19.1 Å². The number of hydrogen-bond acceptors (Lipinski definition) is 5. The summed E-state index contributed by atoms with van der Waals surface area (Å²) in [7, 11) is 0. The molecule has 0 atom stereocenters. The lowest BCUT2D eigenvalue weighted by molar-refractivity contribution is 0.0734. The van der Waals surface area contributed by atoms with E-state index in [9.17, 15) is 9.59 Å². The van der Waals surface area contributed by atoms with Gasteiger partial charge in [-0.25, -0.2) is 10.2 Å². The molecule has 1 N–H and O–H groups in total. The predicted molar refractivity (Wildman–Crippen MR) is 126 cm³/mol. The highest BCUT2D eigenvalue weighted by molar-refractivity contribution is 9.10. The summed E-state index contributed by atoms with van der Waals surface area (Å²) in [5, 5.41) is 4.02. The summed E-state index contributed by atoms with van der Waals surface area (Å²) >= 11 is 6.74. The first-order valence-electron chi connectivity index (χ1n) is 9.30. The van der Waals surface area contributed by atoms with Crippen LogP contribution in [0.3, 0.4) is 0 Å². The molecule has 0 aliphatic carbocycles. The number of carbonyl (C=O) groups excluding carboxylic acids is 2. The molecule has 0 radical (unpaired) electrons. The summed E-state index contributed by atoms with van der Waals surface area (Å²) in [6, 6.07) is 19.0. The number of benzene rings is 3. The fourth-order valence-electron chi connectivity index (χ4n) is 2.63. The lowest BCUT2D eigenvalue weighted by Crippen LogP contribution is -2.19. The van der Waals surface area contributed by atoms with E-state index in [0.29, 0.717) is 34.8 Å². The third-order valence-electron chi connectivity index (χ3n) is 4.04. The van der Waals surface area contributed by atoms with Crippen molar-refractivity contribution in [3.8, 4) is 11.5 Å². The summed E-state index contributed by atoms with van der Waals surface area (Å²) in [4.78, 5) is 25.0. The summed E-state index contributed by atoms with van der Waals surface area (Å²) < 4.78 is 12.5. The molecule has 6 nitrogen and oxygen atoms in total. The van der Waals surface area contributed by atoms with Gasteiger partial charge in [-0.1, -0.05) is 50.1 Å². The molecule has 0 saturated carbocycles. The van der Waals surface area contributed by atoms with E-state index in [-0.39, 0.29) is 0 Å². The Morgan fingerprint density at radius 2 is 1.65 bits per heavy atom. The number of esters is 1. The number of ether oxygens (including phenoxy) is 2. The van der Waals surface area contributed by atoms with Gasteiger partial charge in [-0.05, 0) is 55.5 Å². The molecule has 1 amide bonds. The number of amides is 1. The van der Waals surface area contributed by atoms with Crippen molar-refractivity contribution in [2.24, 2.45) is 5.10 Å². The Morgan fingerprint density at radius 3 is 2.35 bits per heavy atom. The summed E-state index contributed by atoms with van der Waals surface area (Å²) in [6.45, 7) is 2.27. The maximum absolute atomic E-state index is 12.6. The lowest BCUT2D eigenvalue weighted by atomic mass is 10.2. The van der Waals surface area contributed by atoms with Gasteiger partial charge in [0.2, 0.25) is 0 Å². The molecule has 8 heteroatoms. The van der Waals surface area contributed by atoms with Crippen molar-refractivity contribution in [3.63, 3.8) is 0 Å². The van der Waals surface area contributed by atoms with Crippen molar-refractivity contribution in [1.82, 2.24) is 5.43 Å². The third kappa shape index (κ3) is 6.26. The standard InChI is InChI=1S/C23H18Br2N2O4/c1-2-30-21-11-9-18(25)13-19(21)22(28)27-26-14-16-12-17(24)8-10-20(16)31-23(29)15-6-4-3-5-7-15/h3-14H,2H2,1H3,(H,27,28)/b26-14-. The predicted octanol–water partition coefficient (Wildman–Crippen LogP) is 5.59. The zero-order chi connectivity index (χ0) is 22.2. The highest BCUT2D eigenvalue weighted by Gasteiger charge is 2.14. The number of hydrazone groups is 1. The van der Waals surface area contributed by atoms with Gasteiger partial charge in [0.05, 0.1) is 23.9 Å². The molecule has 0 aliphatic rings. The van der Waals surface area contributed by atoms with Gasteiger partial charge in [-0.2, -0.15) is 5.10 Å². The van der Waals surface area contributed by atoms with Crippen LogP contribution >= 0.6 is 31.9 Å². The lowest BCUT2D eigenvalue weighted by Gasteiger charge is -2.10. The molecule has 158 valence electrons. The molecule has 0 saturated heterocycles. The summed E-state index contributed by atoms with van der Waals surface area (Å²) in [6.07, 6.45) is 1.41. The van der Waals surface area contributed by atoms with Gasteiger partial charge < -0.3 is 9.47 Å². The molecule has 0 bridgehead atoms. The monoisotopic (exact) mass is 544 g/mol. The Hall–Kier alpha value is -2.97. The zero-order valence-electron chi connectivity index (χ0n) is 16.5. The van der Waals surface area contributed by atoms with E-state index >= 15 is 0 Å². The van der Waals surface area contributed by atoms with Crippen molar-refractivity contribution in [1.29, 1.82) is 0 Å². The first-order valence-corrected chi connectivity index (χ1v) is 10.9. The number of nitrogens with one attached hydrogen (secondary N) is 1.